The van der Waals surface area contributed by atoms with Gasteiger partial charge >= 0.3 is 0 Å². The Balaban J connectivity index is 1.61. The van der Waals surface area contributed by atoms with Crippen LogP contribution in [0.25, 0.3) is 0 Å². The van der Waals surface area contributed by atoms with Crippen LogP contribution in [-0.2, 0) is 10.0 Å². The second-order valence-corrected chi connectivity index (χ2v) is 10.6. The van der Waals surface area contributed by atoms with Gasteiger partial charge in [0.25, 0.3) is 0 Å². The van der Waals surface area contributed by atoms with Gasteiger partial charge in [0.05, 0.1) is 5.25 Å². The lowest BCUT2D eigenvalue weighted by atomic mass is 9.50. The molecule has 0 aromatic carbocycles. The lowest BCUT2D eigenvalue weighted by molar-refractivity contribution is -0.0457. The lowest BCUT2D eigenvalue weighted by Crippen LogP contribution is -2.70. The summed E-state index contributed by atoms with van der Waals surface area (Å²) in [6, 6.07) is 0.471. The molecule has 0 heterocycles. The average molecular weight is 312 g/mol. The summed E-state index contributed by atoms with van der Waals surface area (Å²) in [6.07, 6.45) is 8.64. The van der Waals surface area contributed by atoms with E-state index in [1.807, 2.05) is 0 Å². The Hall–Kier alpha value is -0.130. The van der Waals surface area contributed by atoms with Gasteiger partial charge in [-0.05, 0) is 63.2 Å². The van der Waals surface area contributed by atoms with Crippen LogP contribution in [-0.4, -0.2) is 30.8 Å². The average Bonchev–Trinajstić information content (AvgIpc) is 3.05. The third kappa shape index (κ3) is 2.55. The predicted molar refractivity (Wildman–Crippen MR) is 83.5 cm³/mol. The van der Waals surface area contributed by atoms with Crippen molar-refractivity contribution in [3.05, 3.63) is 0 Å². The van der Waals surface area contributed by atoms with Gasteiger partial charge < -0.3 is 5.32 Å². The Morgan fingerprint density at radius 2 is 1.57 bits per heavy atom. The molecule has 2 N–H and O–H groups in total. The van der Waals surface area contributed by atoms with Crippen molar-refractivity contribution in [1.82, 2.24) is 10.0 Å². The van der Waals surface area contributed by atoms with E-state index in [0.717, 1.165) is 32.1 Å². The summed E-state index contributed by atoms with van der Waals surface area (Å²) in [5.74, 6) is 1.42. The van der Waals surface area contributed by atoms with Crippen molar-refractivity contribution in [3.8, 4) is 0 Å². The number of hydrogen-bond acceptors (Lipinski definition) is 3. The number of sulfonamides is 1. The molecule has 5 rings (SSSR count). The van der Waals surface area contributed by atoms with E-state index in [9.17, 15) is 8.42 Å². The molecule has 0 spiro atoms. The highest BCUT2D eigenvalue weighted by molar-refractivity contribution is 7.90. The molecular weight excluding hydrogens is 284 g/mol. The standard InChI is InChI=1S/C16H28N2O2S/c1-11(2)17-15-6-12-5-13(7-15)9-16(8-12,10-15)18-21(19,20)14-3-4-14/h11-14,17-18H,3-10H2,1-2H3. The Bertz CT molecular complexity index is 519. The molecule has 4 nitrogen and oxygen atoms in total. The molecule has 0 aliphatic heterocycles. The molecule has 4 bridgehead atoms. The molecule has 0 radical (unpaired) electrons. The predicted octanol–water partition coefficient (Wildman–Crippen LogP) is 2.16. The van der Waals surface area contributed by atoms with Crippen LogP contribution in [0.5, 0.6) is 0 Å². The van der Waals surface area contributed by atoms with Crippen LogP contribution in [0.3, 0.4) is 0 Å². The van der Waals surface area contributed by atoms with Crippen LogP contribution >= 0.6 is 0 Å². The fourth-order valence-corrected chi connectivity index (χ4v) is 7.69. The van der Waals surface area contributed by atoms with Crippen molar-refractivity contribution in [2.75, 3.05) is 0 Å². The van der Waals surface area contributed by atoms with Gasteiger partial charge in [0.2, 0.25) is 10.0 Å². The van der Waals surface area contributed by atoms with E-state index >= 15 is 0 Å². The number of nitrogens with one attached hydrogen (secondary N) is 2. The molecule has 21 heavy (non-hydrogen) atoms. The first-order valence-electron chi connectivity index (χ1n) is 8.60. The van der Waals surface area contributed by atoms with Crippen LogP contribution in [0, 0.1) is 11.8 Å². The minimum absolute atomic E-state index is 0.0977. The summed E-state index contributed by atoms with van der Waals surface area (Å²) in [5, 5.41) is 3.71. The highest BCUT2D eigenvalue weighted by atomic mass is 32.2. The first kappa shape index (κ1) is 14.5. The molecule has 2 atom stereocenters. The topological polar surface area (TPSA) is 58.2 Å². The van der Waals surface area contributed by atoms with Gasteiger partial charge in [0.15, 0.2) is 0 Å². The van der Waals surface area contributed by atoms with Gasteiger partial charge in [0.1, 0.15) is 0 Å². The zero-order chi connectivity index (χ0) is 14.9. The van der Waals surface area contributed by atoms with E-state index in [1.165, 1.54) is 19.3 Å². The van der Waals surface area contributed by atoms with E-state index in [4.69, 9.17) is 0 Å². The van der Waals surface area contributed by atoms with Crippen LogP contribution in [0.4, 0.5) is 0 Å². The SMILES string of the molecule is CC(C)NC12CC3CC(C1)CC(NS(=O)(=O)C1CC1)(C3)C2. The van der Waals surface area contributed by atoms with E-state index in [-0.39, 0.29) is 16.3 Å². The molecule has 120 valence electrons. The van der Waals surface area contributed by atoms with Gasteiger partial charge in [-0.15, -0.1) is 0 Å². The molecule has 2 unspecified atom stereocenters. The zero-order valence-corrected chi connectivity index (χ0v) is 14.0. The summed E-state index contributed by atoms with van der Waals surface area (Å²) in [7, 11) is -3.08. The molecule has 5 heteroatoms. The smallest absolute Gasteiger partial charge is 0.214 e. The van der Waals surface area contributed by atoms with Crippen molar-refractivity contribution in [2.45, 2.75) is 87.6 Å². The van der Waals surface area contributed by atoms with E-state index in [2.05, 4.69) is 23.9 Å². The van der Waals surface area contributed by atoms with Crippen LogP contribution < -0.4 is 10.0 Å². The van der Waals surface area contributed by atoms with Crippen LogP contribution in [0.2, 0.25) is 0 Å². The summed E-state index contributed by atoms with van der Waals surface area (Å²) in [5.41, 5.74) is 0.0394. The third-order valence-electron chi connectivity index (χ3n) is 5.98. The fraction of sp³-hybridized carbons (Fsp3) is 1.00. The van der Waals surface area contributed by atoms with Crippen LogP contribution in [0.1, 0.15) is 65.2 Å². The first-order valence-corrected chi connectivity index (χ1v) is 10.2. The van der Waals surface area contributed by atoms with Crippen molar-refractivity contribution in [2.24, 2.45) is 11.8 Å². The Morgan fingerprint density at radius 3 is 2.10 bits per heavy atom. The van der Waals surface area contributed by atoms with Crippen LogP contribution in [0.15, 0.2) is 0 Å². The fourth-order valence-electron chi connectivity index (χ4n) is 5.93. The van der Waals surface area contributed by atoms with Gasteiger partial charge in [-0.2, -0.15) is 0 Å². The largest absolute Gasteiger partial charge is 0.309 e. The van der Waals surface area contributed by atoms with Gasteiger partial charge in [0, 0.05) is 17.1 Å². The van der Waals surface area contributed by atoms with Crippen molar-refractivity contribution in [3.63, 3.8) is 0 Å². The Labute approximate surface area is 128 Å². The highest BCUT2D eigenvalue weighted by Crippen LogP contribution is 2.58. The molecule has 5 saturated carbocycles. The quantitative estimate of drug-likeness (QED) is 0.818. The Kier molecular flexibility index (Phi) is 3.07. The van der Waals surface area contributed by atoms with Gasteiger partial charge in [-0.1, -0.05) is 13.8 Å². The third-order valence-corrected chi connectivity index (χ3v) is 8.04. The normalized spacial score (nSPS) is 45.5. The minimum Gasteiger partial charge on any atom is -0.309 e. The molecule has 0 amide bonds. The number of rotatable bonds is 5. The van der Waals surface area contributed by atoms with Gasteiger partial charge in [-0.3, -0.25) is 0 Å². The second-order valence-electron chi connectivity index (χ2n) is 8.67. The summed E-state index contributed by atoms with van der Waals surface area (Å²) < 4.78 is 28.1. The second kappa shape index (κ2) is 4.45. The zero-order valence-electron chi connectivity index (χ0n) is 13.2. The summed E-state index contributed by atoms with van der Waals surface area (Å²) >= 11 is 0. The van der Waals surface area contributed by atoms with E-state index < -0.39 is 10.0 Å². The van der Waals surface area contributed by atoms with E-state index in [1.54, 1.807) is 0 Å². The maximum absolute atomic E-state index is 12.5. The maximum Gasteiger partial charge on any atom is 0.214 e. The highest BCUT2D eigenvalue weighted by Gasteiger charge is 2.59. The van der Waals surface area contributed by atoms with Gasteiger partial charge in [-0.25, -0.2) is 13.1 Å². The number of hydrogen-bond donors (Lipinski definition) is 2. The van der Waals surface area contributed by atoms with Crippen molar-refractivity contribution in [1.29, 1.82) is 0 Å². The van der Waals surface area contributed by atoms with Crippen molar-refractivity contribution >= 4 is 10.0 Å². The Morgan fingerprint density at radius 1 is 1.00 bits per heavy atom. The molecular formula is C16H28N2O2S. The summed E-state index contributed by atoms with van der Waals surface area (Å²) in [4.78, 5) is 0. The van der Waals surface area contributed by atoms with Crippen molar-refractivity contribution < 1.29 is 8.42 Å². The minimum atomic E-state index is -3.08. The van der Waals surface area contributed by atoms with E-state index in [0.29, 0.717) is 17.9 Å². The monoisotopic (exact) mass is 312 g/mol. The molecule has 0 aromatic rings. The molecule has 5 aliphatic rings. The maximum atomic E-state index is 12.5. The molecule has 5 fully saturated rings. The summed E-state index contributed by atoms with van der Waals surface area (Å²) in [6.45, 7) is 4.42. The lowest BCUT2D eigenvalue weighted by Gasteiger charge is -2.62. The molecule has 5 aliphatic carbocycles. The molecule has 0 saturated heterocycles. The first-order chi connectivity index (χ1) is 9.80. The molecule has 0 aromatic heterocycles.